The maximum Gasteiger partial charge on any atom is 0.407 e. The van der Waals surface area contributed by atoms with Crippen LogP contribution in [0.2, 0.25) is 0 Å². The molecule has 0 spiro atoms. The second-order valence-corrected chi connectivity index (χ2v) is 15.5. The number of rotatable bonds is 10. The highest BCUT2D eigenvalue weighted by Gasteiger charge is 2.76. The molecule has 288 valence electrons. The Labute approximate surface area is 302 Å². The van der Waals surface area contributed by atoms with Crippen LogP contribution in [-0.2, 0) is 33.3 Å². The number of benzene rings is 1. The Morgan fingerprint density at radius 1 is 1.04 bits per heavy atom. The van der Waals surface area contributed by atoms with Crippen molar-refractivity contribution < 1.29 is 68.4 Å². The van der Waals surface area contributed by atoms with Crippen LogP contribution in [0, 0.1) is 22.7 Å². The lowest BCUT2D eigenvalue weighted by atomic mass is 9.44. The topological polar surface area (TPSA) is 228 Å². The van der Waals surface area contributed by atoms with Crippen LogP contribution in [0.5, 0.6) is 0 Å². The highest BCUT2D eigenvalue weighted by Crippen LogP contribution is 2.63. The van der Waals surface area contributed by atoms with Crippen LogP contribution in [0.1, 0.15) is 64.7 Å². The van der Waals surface area contributed by atoms with E-state index in [-0.39, 0.29) is 43.0 Å². The summed E-state index contributed by atoms with van der Waals surface area (Å²) in [6.07, 6.45) is -11.1. The fourth-order valence-electron chi connectivity index (χ4n) is 8.74. The summed E-state index contributed by atoms with van der Waals surface area (Å²) < 4.78 is 27.5. The monoisotopic (exact) mass is 733 g/mol. The molecule has 1 aromatic carbocycles. The normalized spacial score (nSPS) is 36.2. The van der Waals surface area contributed by atoms with Crippen molar-refractivity contribution in [1.29, 1.82) is 0 Å². The summed E-state index contributed by atoms with van der Waals surface area (Å²) in [6.45, 7) is 9.03. The lowest BCUT2D eigenvalue weighted by Crippen LogP contribution is -2.81. The number of carbonyl (C=O) groups is 4. The van der Waals surface area contributed by atoms with Crippen LogP contribution in [0.3, 0.4) is 0 Å². The predicted octanol–water partition coefficient (Wildman–Crippen LogP) is 0.820. The summed E-state index contributed by atoms with van der Waals surface area (Å²) in [7, 11) is 1.43. The molecule has 52 heavy (non-hydrogen) atoms. The van der Waals surface area contributed by atoms with Gasteiger partial charge in [0, 0.05) is 31.3 Å². The molecule has 3 aliphatic carbocycles. The molecule has 2 saturated carbocycles. The number of aliphatic hydroxyl groups is 5. The molecule has 1 amide bonds. The van der Waals surface area contributed by atoms with Gasteiger partial charge in [-0.3, -0.25) is 4.79 Å². The van der Waals surface area contributed by atoms with Crippen molar-refractivity contribution in [2.24, 2.45) is 22.7 Å². The first-order valence-corrected chi connectivity index (χ1v) is 17.5. The third-order valence-corrected chi connectivity index (χ3v) is 12.0. The van der Waals surface area contributed by atoms with Gasteiger partial charge < -0.3 is 54.5 Å². The van der Waals surface area contributed by atoms with Gasteiger partial charge in [0.15, 0.2) is 11.9 Å². The molecule has 4 aliphatic rings. The van der Waals surface area contributed by atoms with Crippen molar-refractivity contribution in [2.45, 2.75) is 108 Å². The minimum Gasteiger partial charge on any atom is -0.456 e. The molecule has 1 unspecified atom stereocenters. The number of hydrogen-bond acceptors (Lipinski definition) is 14. The number of amides is 1. The number of ether oxygens (including phenoxy) is 5. The van der Waals surface area contributed by atoms with Crippen molar-refractivity contribution in [3.8, 4) is 0 Å². The number of carbonyl (C=O) groups excluding carboxylic acids is 4. The highest BCUT2D eigenvalue weighted by molar-refractivity contribution is 5.94. The van der Waals surface area contributed by atoms with Gasteiger partial charge in [0.05, 0.1) is 42.4 Å². The first-order valence-electron chi connectivity index (χ1n) is 17.5. The Morgan fingerprint density at radius 3 is 2.27 bits per heavy atom. The van der Waals surface area contributed by atoms with E-state index >= 15 is 0 Å². The predicted molar refractivity (Wildman–Crippen MR) is 180 cm³/mol. The van der Waals surface area contributed by atoms with Gasteiger partial charge in [-0.1, -0.05) is 45.9 Å². The minimum atomic E-state index is -2.29. The molecule has 11 atom stereocenters. The van der Waals surface area contributed by atoms with E-state index in [9.17, 15) is 44.7 Å². The molecule has 5 rings (SSSR count). The Balaban J connectivity index is 1.60. The number of methoxy groups -OCH3 is 1. The highest BCUT2D eigenvalue weighted by atomic mass is 16.6. The maximum atomic E-state index is 14.6. The number of alkyl carbamates (subject to hydrolysis) is 1. The van der Waals surface area contributed by atoms with Crippen molar-refractivity contribution >= 4 is 23.8 Å². The summed E-state index contributed by atoms with van der Waals surface area (Å²) in [5.74, 6) is -4.99. The second kappa shape index (κ2) is 14.4. The number of ketones is 1. The maximum absolute atomic E-state index is 14.6. The van der Waals surface area contributed by atoms with E-state index < -0.39 is 107 Å². The van der Waals surface area contributed by atoms with Crippen LogP contribution < -0.4 is 5.32 Å². The molecule has 15 nitrogen and oxygen atoms in total. The van der Waals surface area contributed by atoms with Crippen molar-refractivity contribution in [3.05, 3.63) is 47.0 Å². The Kier molecular flexibility index (Phi) is 11.0. The van der Waals surface area contributed by atoms with E-state index in [1.165, 1.54) is 33.1 Å². The van der Waals surface area contributed by atoms with Crippen LogP contribution in [-0.4, -0.2) is 130 Å². The summed E-state index contributed by atoms with van der Waals surface area (Å²) in [5, 5.41) is 62.5. The first kappa shape index (κ1) is 39.8. The van der Waals surface area contributed by atoms with E-state index in [1.54, 1.807) is 45.9 Å². The second-order valence-electron chi connectivity index (χ2n) is 15.5. The molecular formula is C37H51NO14. The van der Waals surface area contributed by atoms with Gasteiger partial charge in [-0.05, 0) is 43.0 Å². The van der Waals surface area contributed by atoms with Gasteiger partial charge in [0.25, 0.3) is 0 Å². The SMILES string of the molecule is COCCOC(=O)N[C@@H](C(C)C)[C@@H](O)C(=O)OC1C[C@@]2(O)[C@@H](OC(=O)c3ccccc3)[C@@H]3[C@]4(O)CO[C@@H]4C[C@H](O)[C@@]3(C)C(=O)[C@H](O)C(=C1C)C2(C)C. The van der Waals surface area contributed by atoms with Crippen molar-refractivity contribution in [2.75, 3.05) is 26.9 Å². The van der Waals surface area contributed by atoms with E-state index in [0.717, 1.165) is 0 Å². The van der Waals surface area contributed by atoms with E-state index in [4.69, 9.17) is 23.7 Å². The fraction of sp³-hybridized carbons (Fsp3) is 0.676. The largest absolute Gasteiger partial charge is 0.456 e. The molecule has 0 radical (unpaired) electrons. The number of esters is 2. The zero-order chi connectivity index (χ0) is 38.6. The Morgan fingerprint density at radius 2 is 1.69 bits per heavy atom. The molecule has 15 heteroatoms. The van der Waals surface area contributed by atoms with Crippen LogP contribution >= 0.6 is 0 Å². The third-order valence-electron chi connectivity index (χ3n) is 12.0. The van der Waals surface area contributed by atoms with Crippen LogP contribution in [0.4, 0.5) is 4.79 Å². The van der Waals surface area contributed by atoms with Crippen molar-refractivity contribution in [1.82, 2.24) is 5.32 Å². The Hall–Kier alpha value is -3.44. The lowest BCUT2D eigenvalue weighted by molar-refractivity contribution is -0.343. The van der Waals surface area contributed by atoms with Gasteiger partial charge in [0.1, 0.15) is 36.1 Å². The average molecular weight is 734 g/mol. The molecule has 2 bridgehead atoms. The average Bonchev–Trinajstić information content (AvgIpc) is 3.09. The zero-order valence-electron chi connectivity index (χ0n) is 30.5. The third kappa shape index (κ3) is 6.33. The fourth-order valence-corrected chi connectivity index (χ4v) is 8.74. The van der Waals surface area contributed by atoms with Crippen LogP contribution in [0.15, 0.2) is 41.5 Å². The molecule has 1 aliphatic heterocycles. The standard InChI is InChI=1S/C37H51NO14/c1-18(2)25(38-33(45)49-14-13-48-7)27(41)32(44)51-21-16-37(47)30(52-31(43)20-11-9-8-10-12-20)28-35(6,22(39)15-23-36(28,46)17-50-23)29(42)26(40)24(19(21)3)34(37,4)5/h8-12,18,21-23,25-28,30,39-41,46-47H,13-17H2,1-7H3,(H,38,45)/t21?,22-,23+,25-,26+,27+,28-,30-,35+,36-,37+/m0/s1. The molecule has 0 aromatic heterocycles. The first-order chi connectivity index (χ1) is 24.3. The summed E-state index contributed by atoms with van der Waals surface area (Å²) in [5.41, 5.74) is -7.46. The van der Waals surface area contributed by atoms with E-state index in [0.29, 0.717) is 0 Å². The molecule has 1 aromatic rings. The lowest BCUT2D eigenvalue weighted by Gasteiger charge is -2.66. The molecular weight excluding hydrogens is 682 g/mol. The van der Waals surface area contributed by atoms with Gasteiger partial charge >= 0.3 is 18.0 Å². The van der Waals surface area contributed by atoms with Gasteiger partial charge in [-0.2, -0.15) is 0 Å². The molecule has 3 fully saturated rings. The van der Waals surface area contributed by atoms with Gasteiger partial charge in [-0.15, -0.1) is 0 Å². The smallest absolute Gasteiger partial charge is 0.407 e. The number of fused-ring (bicyclic) bond motifs is 5. The van der Waals surface area contributed by atoms with E-state index in [2.05, 4.69) is 5.32 Å². The zero-order valence-corrected chi connectivity index (χ0v) is 30.5. The molecule has 1 heterocycles. The van der Waals surface area contributed by atoms with E-state index in [1.807, 2.05) is 0 Å². The number of Topliss-reactive ketones (excluding diaryl/α,β-unsaturated/α-hetero) is 1. The Bertz CT molecular complexity index is 1580. The van der Waals surface area contributed by atoms with Gasteiger partial charge in [-0.25, -0.2) is 14.4 Å². The molecule has 6 N–H and O–H groups in total. The summed E-state index contributed by atoms with van der Waals surface area (Å²) in [4.78, 5) is 54.5. The quantitative estimate of drug-likeness (QED) is 0.0848. The number of hydrogen-bond donors (Lipinski definition) is 6. The van der Waals surface area contributed by atoms with Crippen molar-refractivity contribution in [3.63, 3.8) is 0 Å². The molecule has 1 saturated heterocycles. The number of nitrogens with one attached hydrogen (secondary N) is 1. The number of aliphatic hydroxyl groups excluding tert-OH is 3. The minimum absolute atomic E-state index is 0.0367. The van der Waals surface area contributed by atoms with Gasteiger partial charge in [0.2, 0.25) is 0 Å². The summed E-state index contributed by atoms with van der Waals surface area (Å²) in [6, 6.07) is 6.70. The summed E-state index contributed by atoms with van der Waals surface area (Å²) >= 11 is 0. The van der Waals surface area contributed by atoms with Crippen LogP contribution in [0.25, 0.3) is 0 Å².